The van der Waals surface area contributed by atoms with E-state index in [1.165, 1.54) is 0 Å². The number of hydrogen-bond donors (Lipinski definition) is 2. The summed E-state index contributed by atoms with van der Waals surface area (Å²) in [6.45, 7) is 0. The van der Waals surface area contributed by atoms with Crippen molar-refractivity contribution >= 4 is 29.3 Å². The summed E-state index contributed by atoms with van der Waals surface area (Å²) in [5, 5.41) is 12.6. The van der Waals surface area contributed by atoms with Crippen LogP contribution < -0.4 is 5.32 Å². The largest absolute Gasteiger partial charge is 0.480 e. The van der Waals surface area contributed by atoms with Crippen molar-refractivity contribution in [1.82, 2.24) is 5.32 Å². The van der Waals surface area contributed by atoms with Gasteiger partial charge in [0, 0.05) is 10.8 Å². The van der Waals surface area contributed by atoms with Crippen molar-refractivity contribution in [2.24, 2.45) is 0 Å². The van der Waals surface area contributed by atoms with Gasteiger partial charge in [0.25, 0.3) is 0 Å². The maximum absolute atomic E-state index is 10.7. The summed E-state index contributed by atoms with van der Waals surface area (Å²) in [4.78, 5) is 10.7. The van der Waals surface area contributed by atoms with Crippen LogP contribution in [-0.4, -0.2) is 22.9 Å². The van der Waals surface area contributed by atoms with E-state index in [-0.39, 0.29) is 5.37 Å². The predicted octanol–water partition coefficient (Wildman–Crippen LogP) is 2.13. The van der Waals surface area contributed by atoms with Gasteiger partial charge in [-0.15, -0.1) is 11.8 Å². The van der Waals surface area contributed by atoms with E-state index in [0.29, 0.717) is 10.8 Å². The number of rotatable bonds is 2. The van der Waals surface area contributed by atoms with E-state index in [4.69, 9.17) is 16.7 Å². The second-order valence-electron chi connectivity index (χ2n) is 3.32. The fourth-order valence-corrected chi connectivity index (χ4v) is 2.80. The topological polar surface area (TPSA) is 49.3 Å². The maximum Gasteiger partial charge on any atom is 0.321 e. The van der Waals surface area contributed by atoms with Crippen molar-refractivity contribution in [3.63, 3.8) is 0 Å². The van der Waals surface area contributed by atoms with Crippen molar-refractivity contribution in [2.45, 2.75) is 11.4 Å². The molecule has 5 heteroatoms. The van der Waals surface area contributed by atoms with E-state index in [1.54, 1.807) is 11.8 Å². The number of halogens is 1. The zero-order valence-corrected chi connectivity index (χ0v) is 9.39. The molecule has 0 radical (unpaired) electrons. The Morgan fingerprint density at radius 1 is 1.47 bits per heavy atom. The molecular formula is C10H10ClNO2S. The molecule has 0 saturated carbocycles. The molecule has 1 aromatic rings. The first-order chi connectivity index (χ1) is 7.16. The second-order valence-corrected chi connectivity index (χ2v) is 4.90. The summed E-state index contributed by atoms with van der Waals surface area (Å²) in [7, 11) is 0. The molecule has 0 spiro atoms. The van der Waals surface area contributed by atoms with Crippen LogP contribution in [-0.2, 0) is 4.79 Å². The Kier molecular flexibility index (Phi) is 3.19. The van der Waals surface area contributed by atoms with Crippen LogP contribution in [0.2, 0.25) is 5.02 Å². The Morgan fingerprint density at radius 2 is 2.13 bits per heavy atom. The predicted molar refractivity (Wildman–Crippen MR) is 61.2 cm³/mol. The molecule has 1 unspecified atom stereocenters. The fraction of sp³-hybridized carbons (Fsp3) is 0.300. The monoisotopic (exact) mass is 243 g/mol. The molecule has 1 heterocycles. The van der Waals surface area contributed by atoms with E-state index >= 15 is 0 Å². The van der Waals surface area contributed by atoms with E-state index < -0.39 is 12.0 Å². The van der Waals surface area contributed by atoms with Gasteiger partial charge < -0.3 is 5.11 Å². The van der Waals surface area contributed by atoms with Gasteiger partial charge in [-0.05, 0) is 17.7 Å². The molecule has 3 nitrogen and oxygen atoms in total. The minimum absolute atomic E-state index is 0.0587. The molecule has 0 aromatic heterocycles. The smallest absolute Gasteiger partial charge is 0.321 e. The van der Waals surface area contributed by atoms with E-state index in [9.17, 15) is 4.79 Å². The molecule has 1 fully saturated rings. The molecule has 1 aliphatic rings. The summed E-state index contributed by atoms with van der Waals surface area (Å²) in [6, 6.07) is 7.00. The highest BCUT2D eigenvalue weighted by molar-refractivity contribution is 7.99. The highest BCUT2D eigenvalue weighted by Crippen LogP contribution is 2.33. The zero-order valence-electron chi connectivity index (χ0n) is 7.81. The van der Waals surface area contributed by atoms with Crippen LogP contribution in [0.15, 0.2) is 24.3 Å². The molecule has 1 aliphatic heterocycles. The highest BCUT2D eigenvalue weighted by atomic mass is 35.5. The number of thioether (sulfide) groups is 1. The van der Waals surface area contributed by atoms with Gasteiger partial charge in [0.1, 0.15) is 6.04 Å². The normalized spacial score (nSPS) is 25.4. The standard InChI is InChI=1S/C10H10ClNO2S/c11-7-3-1-6(2-4-7)9-12-8(5-15-9)10(13)14/h1-4,8-9,12H,5H2,(H,13,14)/t8?,9-/m1/s1. The van der Waals surface area contributed by atoms with Crippen LogP contribution in [0.4, 0.5) is 0 Å². The van der Waals surface area contributed by atoms with Gasteiger partial charge >= 0.3 is 5.97 Å². The zero-order chi connectivity index (χ0) is 10.8. The molecule has 1 saturated heterocycles. The van der Waals surface area contributed by atoms with Crippen molar-refractivity contribution < 1.29 is 9.90 Å². The Labute approximate surface area is 96.8 Å². The first-order valence-corrected chi connectivity index (χ1v) is 5.95. The first kappa shape index (κ1) is 10.8. The lowest BCUT2D eigenvalue weighted by Gasteiger charge is -2.10. The number of nitrogens with one attached hydrogen (secondary N) is 1. The summed E-state index contributed by atoms with van der Waals surface area (Å²) < 4.78 is 0. The lowest BCUT2D eigenvalue weighted by Crippen LogP contribution is -2.33. The lowest BCUT2D eigenvalue weighted by molar-refractivity contribution is -0.138. The van der Waals surface area contributed by atoms with Crippen molar-refractivity contribution in [3.8, 4) is 0 Å². The maximum atomic E-state index is 10.7. The van der Waals surface area contributed by atoms with Crippen LogP contribution in [0, 0.1) is 0 Å². The summed E-state index contributed by atoms with van der Waals surface area (Å²) in [6.07, 6.45) is 0. The Bertz CT molecular complexity index is 368. The van der Waals surface area contributed by atoms with Crippen LogP contribution in [0.3, 0.4) is 0 Å². The Morgan fingerprint density at radius 3 is 2.67 bits per heavy atom. The molecule has 0 bridgehead atoms. The second kappa shape index (κ2) is 4.43. The van der Waals surface area contributed by atoms with Gasteiger partial charge in [-0.1, -0.05) is 23.7 Å². The molecule has 80 valence electrons. The van der Waals surface area contributed by atoms with Crippen LogP contribution in [0.1, 0.15) is 10.9 Å². The van der Waals surface area contributed by atoms with Gasteiger partial charge in [-0.3, -0.25) is 10.1 Å². The SMILES string of the molecule is O=C(O)C1CS[C@H](c2ccc(Cl)cc2)N1. The summed E-state index contributed by atoms with van der Waals surface area (Å²) in [5.41, 5.74) is 1.06. The number of aliphatic carboxylic acids is 1. The molecule has 2 rings (SSSR count). The van der Waals surface area contributed by atoms with Crippen LogP contribution in [0.25, 0.3) is 0 Å². The van der Waals surface area contributed by atoms with E-state index in [1.807, 2.05) is 24.3 Å². The first-order valence-electron chi connectivity index (χ1n) is 4.53. The number of hydrogen-bond acceptors (Lipinski definition) is 3. The average molecular weight is 244 g/mol. The quantitative estimate of drug-likeness (QED) is 0.836. The Hall–Kier alpha value is -0.710. The van der Waals surface area contributed by atoms with E-state index in [0.717, 1.165) is 5.56 Å². The number of carboxylic acids is 1. The molecule has 1 aromatic carbocycles. The minimum atomic E-state index is -0.793. The Balaban J connectivity index is 2.07. The molecule has 2 N–H and O–H groups in total. The number of benzene rings is 1. The van der Waals surface area contributed by atoms with Gasteiger partial charge in [-0.2, -0.15) is 0 Å². The molecule has 0 amide bonds. The van der Waals surface area contributed by atoms with Crippen LogP contribution in [0.5, 0.6) is 0 Å². The summed E-state index contributed by atoms with van der Waals surface area (Å²) in [5.74, 6) is -0.193. The van der Waals surface area contributed by atoms with Crippen molar-refractivity contribution in [3.05, 3.63) is 34.9 Å². The van der Waals surface area contributed by atoms with Gasteiger partial charge in [-0.25, -0.2) is 0 Å². The van der Waals surface area contributed by atoms with Gasteiger partial charge in [0.2, 0.25) is 0 Å². The van der Waals surface area contributed by atoms with Crippen molar-refractivity contribution in [2.75, 3.05) is 5.75 Å². The van der Waals surface area contributed by atoms with Crippen LogP contribution >= 0.6 is 23.4 Å². The molecule has 0 aliphatic carbocycles. The molecule has 15 heavy (non-hydrogen) atoms. The third-order valence-electron chi connectivity index (χ3n) is 2.25. The molecule has 2 atom stereocenters. The van der Waals surface area contributed by atoms with Gasteiger partial charge in [0.15, 0.2) is 0 Å². The average Bonchev–Trinajstić information content (AvgIpc) is 2.68. The number of carboxylic acid groups (broad SMARTS) is 1. The summed E-state index contributed by atoms with van der Waals surface area (Å²) >= 11 is 7.38. The van der Waals surface area contributed by atoms with E-state index in [2.05, 4.69) is 5.32 Å². The fourth-order valence-electron chi connectivity index (χ4n) is 1.44. The van der Waals surface area contributed by atoms with Gasteiger partial charge in [0.05, 0.1) is 5.37 Å². The third-order valence-corrected chi connectivity index (χ3v) is 3.77. The third kappa shape index (κ3) is 2.45. The minimum Gasteiger partial charge on any atom is -0.480 e. The highest BCUT2D eigenvalue weighted by Gasteiger charge is 2.29. The number of carbonyl (C=O) groups is 1. The van der Waals surface area contributed by atoms with Crippen molar-refractivity contribution in [1.29, 1.82) is 0 Å². The lowest BCUT2D eigenvalue weighted by atomic mass is 10.2. The molecular weight excluding hydrogens is 234 g/mol.